The fourth-order valence-corrected chi connectivity index (χ4v) is 3.61. The number of carbonyl (C=O) groups is 1. The topological polar surface area (TPSA) is 35.6 Å². The summed E-state index contributed by atoms with van der Waals surface area (Å²) in [6.45, 7) is 9.64. The minimum atomic E-state index is -0.205. The van der Waals surface area contributed by atoms with Crippen molar-refractivity contribution in [3.63, 3.8) is 0 Å². The van der Waals surface area contributed by atoms with Crippen molar-refractivity contribution in [3.05, 3.63) is 29.8 Å². The first kappa shape index (κ1) is 21.1. The van der Waals surface area contributed by atoms with E-state index in [0.29, 0.717) is 5.91 Å². The molecule has 2 saturated heterocycles. The third-order valence-corrected chi connectivity index (χ3v) is 5.05. The molecule has 1 atom stereocenters. The van der Waals surface area contributed by atoms with E-state index in [0.717, 1.165) is 52.1 Å². The maximum absolute atomic E-state index is 12.8. The van der Waals surface area contributed by atoms with Crippen molar-refractivity contribution in [2.24, 2.45) is 5.41 Å². The van der Waals surface area contributed by atoms with Gasteiger partial charge < -0.3 is 15.1 Å². The molecule has 1 amide bonds. The number of nitrogens with zero attached hydrogens (tertiary/aromatic N) is 2. The third-order valence-electron chi connectivity index (χ3n) is 5.05. The largest absolute Gasteiger partial charge is 0.368 e. The molecule has 2 heterocycles. The Bertz CT molecular complexity index is 539. The lowest BCUT2D eigenvalue weighted by Crippen LogP contribution is -2.55. The second kappa shape index (κ2) is 8.93. The molecule has 0 radical (unpaired) electrons. The third kappa shape index (κ3) is 4.56. The standard InChI is InChI=1S/C18H27N3O.2ClH/c1-15-5-3-6-16(13-15)20-9-11-21(12-10-20)17(22)18(2)7-4-8-19-14-18;;/h3,5-6,13,19H,4,7-12,14H2,1-2H3;2*1H. The van der Waals surface area contributed by atoms with E-state index < -0.39 is 0 Å². The van der Waals surface area contributed by atoms with Crippen LogP contribution in [0.3, 0.4) is 0 Å². The Labute approximate surface area is 157 Å². The van der Waals surface area contributed by atoms with Gasteiger partial charge in [-0.1, -0.05) is 12.1 Å². The summed E-state index contributed by atoms with van der Waals surface area (Å²) >= 11 is 0. The summed E-state index contributed by atoms with van der Waals surface area (Å²) in [4.78, 5) is 17.3. The van der Waals surface area contributed by atoms with E-state index in [1.54, 1.807) is 0 Å². The number of hydrogen-bond acceptors (Lipinski definition) is 3. The maximum atomic E-state index is 12.8. The van der Waals surface area contributed by atoms with Gasteiger partial charge in [0.25, 0.3) is 0 Å². The van der Waals surface area contributed by atoms with Gasteiger partial charge in [0.2, 0.25) is 5.91 Å². The highest BCUT2D eigenvalue weighted by Crippen LogP contribution is 2.29. The number of benzene rings is 1. The first-order valence-electron chi connectivity index (χ1n) is 8.40. The highest BCUT2D eigenvalue weighted by molar-refractivity contribution is 5.85. The highest BCUT2D eigenvalue weighted by atomic mass is 35.5. The smallest absolute Gasteiger partial charge is 0.229 e. The van der Waals surface area contributed by atoms with E-state index in [9.17, 15) is 4.79 Å². The molecule has 24 heavy (non-hydrogen) atoms. The van der Waals surface area contributed by atoms with Crippen LogP contribution in [0.1, 0.15) is 25.3 Å². The minimum Gasteiger partial charge on any atom is -0.368 e. The summed E-state index contributed by atoms with van der Waals surface area (Å²) in [5.74, 6) is 0.337. The monoisotopic (exact) mass is 373 g/mol. The Balaban J connectivity index is 0.00000144. The van der Waals surface area contributed by atoms with Crippen LogP contribution < -0.4 is 10.2 Å². The molecule has 2 aliphatic heterocycles. The average Bonchev–Trinajstić information content (AvgIpc) is 2.55. The predicted molar refractivity (Wildman–Crippen MR) is 105 cm³/mol. The molecule has 0 spiro atoms. The molecule has 0 saturated carbocycles. The fraction of sp³-hybridized carbons (Fsp3) is 0.611. The summed E-state index contributed by atoms with van der Waals surface area (Å²) < 4.78 is 0. The van der Waals surface area contributed by atoms with Gasteiger partial charge in [-0.05, 0) is 50.9 Å². The lowest BCUT2D eigenvalue weighted by molar-refractivity contribution is -0.142. The van der Waals surface area contributed by atoms with Crippen LogP contribution in [0, 0.1) is 12.3 Å². The quantitative estimate of drug-likeness (QED) is 0.865. The first-order chi connectivity index (χ1) is 10.6. The molecule has 136 valence electrons. The Morgan fingerprint density at radius 1 is 1.17 bits per heavy atom. The molecule has 4 nitrogen and oxygen atoms in total. The van der Waals surface area contributed by atoms with Crippen LogP contribution in [0.4, 0.5) is 5.69 Å². The SMILES string of the molecule is Cc1cccc(N2CCN(C(=O)C3(C)CCCNC3)CC2)c1.Cl.Cl. The van der Waals surface area contributed by atoms with Gasteiger partial charge in [-0.3, -0.25) is 4.79 Å². The molecule has 3 rings (SSSR count). The zero-order valence-corrected chi connectivity index (χ0v) is 16.2. The Morgan fingerprint density at radius 3 is 2.46 bits per heavy atom. The number of rotatable bonds is 2. The number of amides is 1. The molecule has 1 unspecified atom stereocenters. The maximum Gasteiger partial charge on any atom is 0.229 e. The minimum absolute atomic E-state index is 0. The van der Waals surface area contributed by atoms with Gasteiger partial charge in [-0.2, -0.15) is 0 Å². The number of halogens is 2. The summed E-state index contributed by atoms with van der Waals surface area (Å²) in [6.07, 6.45) is 2.11. The number of piperidine rings is 1. The molecular weight excluding hydrogens is 345 g/mol. The van der Waals surface area contributed by atoms with Crippen LogP contribution in [0.15, 0.2) is 24.3 Å². The van der Waals surface area contributed by atoms with E-state index in [1.807, 2.05) is 0 Å². The number of aryl methyl sites for hydroxylation is 1. The lowest BCUT2D eigenvalue weighted by Gasteiger charge is -2.42. The van der Waals surface area contributed by atoms with Crippen molar-refractivity contribution in [1.82, 2.24) is 10.2 Å². The molecular formula is C18H29Cl2N3O. The number of anilines is 1. The Morgan fingerprint density at radius 2 is 1.88 bits per heavy atom. The zero-order valence-electron chi connectivity index (χ0n) is 14.6. The van der Waals surface area contributed by atoms with Gasteiger partial charge in [0.05, 0.1) is 5.41 Å². The predicted octanol–water partition coefficient (Wildman–Crippen LogP) is 2.88. The van der Waals surface area contributed by atoms with Crippen molar-refractivity contribution in [3.8, 4) is 0 Å². The lowest BCUT2D eigenvalue weighted by atomic mass is 9.81. The first-order valence-corrected chi connectivity index (χ1v) is 8.40. The van der Waals surface area contributed by atoms with Crippen LogP contribution in [0.25, 0.3) is 0 Å². The average molecular weight is 374 g/mol. The Kier molecular flexibility index (Phi) is 7.84. The van der Waals surface area contributed by atoms with Crippen LogP contribution >= 0.6 is 24.8 Å². The van der Waals surface area contributed by atoms with Crippen LogP contribution in [0.2, 0.25) is 0 Å². The van der Waals surface area contributed by atoms with Crippen molar-refractivity contribution in [1.29, 1.82) is 0 Å². The fourth-order valence-electron chi connectivity index (χ4n) is 3.61. The van der Waals surface area contributed by atoms with Crippen molar-refractivity contribution >= 4 is 36.4 Å². The molecule has 0 bridgehead atoms. The number of piperazine rings is 1. The summed E-state index contributed by atoms with van der Waals surface area (Å²) in [7, 11) is 0. The van der Waals surface area contributed by atoms with Gasteiger partial charge in [0.1, 0.15) is 0 Å². The van der Waals surface area contributed by atoms with E-state index in [4.69, 9.17) is 0 Å². The van der Waals surface area contributed by atoms with Crippen molar-refractivity contribution in [2.75, 3.05) is 44.2 Å². The van der Waals surface area contributed by atoms with Crippen LogP contribution in [0.5, 0.6) is 0 Å². The summed E-state index contributed by atoms with van der Waals surface area (Å²) in [5, 5.41) is 3.38. The highest BCUT2D eigenvalue weighted by Gasteiger charge is 2.38. The Hall–Kier alpha value is -0.970. The molecule has 0 aromatic heterocycles. The molecule has 1 aromatic carbocycles. The van der Waals surface area contributed by atoms with E-state index in [1.165, 1.54) is 11.3 Å². The zero-order chi connectivity index (χ0) is 15.6. The molecule has 6 heteroatoms. The molecule has 2 aliphatic rings. The van der Waals surface area contributed by atoms with E-state index in [2.05, 4.69) is 53.2 Å². The number of hydrogen-bond donors (Lipinski definition) is 1. The van der Waals surface area contributed by atoms with Crippen molar-refractivity contribution < 1.29 is 4.79 Å². The summed E-state index contributed by atoms with van der Waals surface area (Å²) in [6, 6.07) is 8.62. The number of nitrogens with one attached hydrogen (secondary N) is 1. The second-order valence-electron chi connectivity index (χ2n) is 6.96. The van der Waals surface area contributed by atoms with Crippen LogP contribution in [-0.4, -0.2) is 50.1 Å². The van der Waals surface area contributed by atoms with Gasteiger partial charge in [-0.15, -0.1) is 24.8 Å². The molecule has 1 N–H and O–H groups in total. The second-order valence-corrected chi connectivity index (χ2v) is 6.96. The van der Waals surface area contributed by atoms with E-state index in [-0.39, 0.29) is 30.2 Å². The molecule has 1 aromatic rings. The number of carbonyl (C=O) groups excluding carboxylic acids is 1. The van der Waals surface area contributed by atoms with Gasteiger partial charge in [-0.25, -0.2) is 0 Å². The van der Waals surface area contributed by atoms with Gasteiger partial charge in [0, 0.05) is 38.4 Å². The van der Waals surface area contributed by atoms with Crippen molar-refractivity contribution in [2.45, 2.75) is 26.7 Å². The molecule has 2 fully saturated rings. The molecule has 0 aliphatic carbocycles. The normalized spacial score (nSPS) is 23.9. The van der Waals surface area contributed by atoms with E-state index >= 15 is 0 Å². The van der Waals surface area contributed by atoms with Crippen LogP contribution in [-0.2, 0) is 4.79 Å². The summed E-state index contributed by atoms with van der Waals surface area (Å²) in [5.41, 5.74) is 2.36. The van der Waals surface area contributed by atoms with Gasteiger partial charge >= 0.3 is 0 Å². The van der Waals surface area contributed by atoms with Gasteiger partial charge in [0.15, 0.2) is 0 Å².